The average molecular weight is 1260 g/mol. The standard InChI is InChI=1S/C24H46O11.C20H38O11.C14H28O6/c1-2-3-4-5-6-7-8-9-10-11-12-32-23-21(31)19(29)22(16(14-26)34-23)35-24-20(30)18(28)17(27)15(13-25)33-24;1-2-3-4-5-6-7-8-28-19-17(26)16(25)14(23)12(31-19)10-29-20-18(27)15(24)13(22)11(9-21)30-20;1-2-3-4-5-6-7-8-19-14-13(18)12(17)11(16)10(9-15)20-14/h15-31H,2-14H2,1H3;11-27H,2-10H2,1H3;10-18H,2-9H2,1H3/t15?,16?,17-,18+,19-,20?,21?,22-,23-,24+;11-,12-,13+,14-,15+,16+,17-,18-,19-,20+;10?,11-,12+,13?,14-/m111/s1. The minimum absolute atomic E-state index is 0.316. The van der Waals surface area contributed by atoms with E-state index in [1.807, 2.05) is 0 Å². The van der Waals surface area contributed by atoms with Crippen LogP contribution in [0.3, 0.4) is 0 Å². The number of ether oxygens (including phenoxy) is 10. The molecule has 0 aromatic heterocycles. The van der Waals surface area contributed by atoms with E-state index < -0.39 is 180 Å². The Morgan fingerprint density at radius 2 is 0.488 bits per heavy atom. The third-order valence-electron chi connectivity index (χ3n) is 16.1. The quantitative estimate of drug-likeness (QED) is 0.0291. The Bertz CT molecular complexity index is 1640. The fourth-order valence-electron chi connectivity index (χ4n) is 10.4. The third-order valence-corrected chi connectivity index (χ3v) is 16.1. The van der Waals surface area contributed by atoms with E-state index in [2.05, 4.69) is 20.8 Å². The zero-order chi connectivity index (χ0) is 63.7. The SMILES string of the molecule is CCCCCCCCCCCCO[C@@H]1OC(CO)[C@@H](O[C@@H]2OC(CO)[C@@H](O)[C@H](O)C2O)[C@H](O)C1O.CCCCCCCCO[C@@H]1OC(CO)[C@@H](O)[C@H](O)C1O.CCCCCCCCO[C@@H]1O[C@H](CO[C@H]2O[C@H](CO)[C@H](O)[C@H](O)[C@H]2O)[C@@H](O)[C@H](O)[C@H]1O. The summed E-state index contributed by atoms with van der Waals surface area (Å²) in [5.41, 5.74) is 0. The lowest BCUT2D eigenvalue weighted by molar-refractivity contribution is -0.359. The van der Waals surface area contributed by atoms with Gasteiger partial charge in [0.15, 0.2) is 31.5 Å². The second-order valence-electron chi connectivity index (χ2n) is 23.1. The number of hydrogen-bond acceptors (Lipinski definition) is 28. The molecule has 0 amide bonds. The van der Waals surface area contributed by atoms with E-state index in [1.165, 1.54) is 70.6 Å². The molecule has 0 aliphatic carbocycles. The van der Waals surface area contributed by atoms with Crippen LogP contribution >= 0.6 is 0 Å². The topological polar surface area (TPSA) is 456 Å². The summed E-state index contributed by atoms with van der Waals surface area (Å²) in [6, 6.07) is 0. The average Bonchev–Trinajstić information content (AvgIpc) is 2.65. The van der Waals surface area contributed by atoms with Crippen molar-refractivity contribution in [2.45, 2.75) is 316 Å². The molecule has 18 N–H and O–H groups in total. The molecule has 0 radical (unpaired) electrons. The molecule has 0 aromatic rings. The van der Waals surface area contributed by atoms with Gasteiger partial charge in [0, 0.05) is 19.8 Å². The van der Waals surface area contributed by atoms with Crippen LogP contribution in [0.15, 0.2) is 0 Å². The summed E-state index contributed by atoms with van der Waals surface area (Å²) in [6.07, 6.45) is -9.48. The van der Waals surface area contributed by atoms with Gasteiger partial charge in [-0.1, -0.05) is 143 Å². The molecule has 5 rings (SSSR count). The molecule has 5 aliphatic rings. The maximum atomic E-state index is 10.6. The van der Waals surface area contributed by atoms with Gasteiger partial charge in [0.2, 0.25) is 0 Å². The Morgan fingerprint density at radius 3 is 0.814 bits per heavy atom. The lowest BCUT2D eigenvalue weighted by Gasteiger charge is -2.45. The minimum atomic E-state index is -1.69. The van der Waals surface area contributed by atoms with Crippen LogP contribution in [-0.2, 0) is 47.4 Å². The maximum Gasteiger partial charge on any atom is 0.187 e. The molecular weight excluding hydrogens is 1140 g/mol. The highest BCUT2D eigenvalue weighted by Gasteiger charge is 2.52. The Balaban J connectivity index is 0.000000350. The van der Waals surface area contributed by atoms with Gasteiger partial charge in [-0.3, -0.25) is 0 Å². The summed E-state index contributed by atoms with van der Waals surface area (Å²) in [5, 5.41) is 177. The van der Waals surface area contributed by atoms with Crippen molar-refractivity contribution in [2.24, 2.45) is 0 Å². The molecule has 6 unspecified atom stereocenters. The van der Waals surface area contributed by atoms with Crippen molar-refractivity contribution in [1.82, 2.24) is 0 Å². The number of rotatable bonds is 37. The van der Waals surface area contributed by atoms with Crippen LogP contribution in [0.1, 0.15) is 162 Å². The summed E-state index contributed by atoms with van der Waals surface area (Å²) < 4.78 is 54.4. The van der Waals surface area contributed by atoms with Gasteiger partial charge in [-0.25, -0.2) is 0 Å². The van der Waals surface area contributed by atoms with Crippen LogP contribution in [0, 0.1) is 0 Å². The Kier molecular flexibility index (Phi) is 40.9. The second kappa shape index (κ2) is 44.4. The Morgan fingerprint density at radius 1 is 0.244 bits per heavy atom. The first-order valence-electron chi connectivity index (χ1n) is 31.6. The van der Waals surface area contributed by atoms with Gasteiger partial charge < -0.3 is 139 Å². The molecule has 86 heavy (non-hydrogen) atoms. The molecule has 0 bridgehead atoms. The van der Waals surface area contributed by atoms with Gasteiger partial charge in [0.05, 0.1) is 33.0 Å². The van der Waals surface area contributed by atoms with Crippen LogP contribution in [0.4, 0.5) is 0 Å². The van der Waals surface area contributed by atoms with Crippen molar-refractivity contribution in [2.75, 3.05) is 52.9 Å². The number of aliphatic hydroxyl groups excluding tert-OH is 18. The van der Waals surface area contributed by atoms with E-state index in [1.54, 1.807) is 0 Å². The van der Waals surface area contributed by atoms with Gasteiger partial charge in [-0.05, 0) is 19.3 Å². The summed E-state index contributed by atoms with van der Waals surface area (Å²) in [4.78, 5) is 0. The molecule has 5 fully saturated rings. The lowest BCUT2D eigenvalue weighted by Crippen LogP contribution is -2.64. The van der Waals surface area contributed by atoms with Crippen molar-refractivity contribution in [3.8, 4) is 0 Å². The van der Waals surface area contributed by atoms with E-state index in [-0.39, 0.29) is 6.61 Å². The molecule has 5 heterocycles. The molecule has 5 aliphatic heterocycles. The molecular formula is C58H112O28. The molecule has 25 atom stereocenters. The zero-order valence-corrected chi connectivity index (χ0v) is 50.8. The van der Waals surface area contributed by atoms with Crippen LogP contribution < -0.4 is 0 Å². The van der Waals surface area contributed by atoms with Crippen molar-refractivity contribution < 1.29 is 139 Å². The molecule has 28 nitrogen and oxygen atoms in total. The molecule has 0 saturated carbocycles. The fourth-order valence-corrected chi connectivity index (χ4v) is 10.4. The van der Waals surface area contributed by atoms with Gasteiger partial charge in [0.25, 0.3) is 0 Å². The second-order valence-corrected chi connectivity index (χ2v) is 23.1. The molecule has 512 valence electrons. The van der Waals surface area contributed by atoms with Crippen LogP contribution in [-0.4, -0.2) is 298 Å². The normalized spacial score (nSPS) is 38.4. The number of unbranched alkanes of at least 4 members (excludes halogenated alkanes) is 19. The summed E-state index contributed by atoms with van der Waals surface area (Å²) in [6.45, 7) is 4.95. The highest BCUT2D eigenvalue weighted by Crippen LogP contribution is 2.31. The smallest absolute Gasteiger partial charge is 0.187 e. The van der Waals surface area contributed by atoms with Gasteiger partial charge in [-0.2, -0.15) is 0 Å². The molecule has 0 aromatic carbocycles. The first kappa shape index (κ1) is 79.1. The van der Waals surface area contributed by atoms with E-state index in [9.17, 15) is 86.8 Å². The van der Waals surface area contributed by atoms with Crippen LogP contribution in [0.25, 0.3) is 0 Å². The van der Waals surface area contributed by atoms with Gasteiger partial charge >= 0.3 is 0 Å². The monoisotopic (exact) mass is 1260 g/mol. The van der Waals surface area contributed by atoms with E-state index in [0.717, 1.165) is 70.6 Å². The van der Waals surface area contributed by atoms with E-state index >= 15 is 0 Å². The van der Waals surface area contributed by atoms with Crippen LogP contribution in [0.2, 0.25) is 0 Å². The predicted octanol–water partition coefficient (Wildman–Crippen LogP) is -2.30. The molecule has 28 heteroatoms. The maximum absolute atomic E-state index is 10.6. The Labute approximate surface area is 506 Å². The first-order chi connectivity index (χ1) is 41.3. The number of hydrogen-bond donors (Lipinski definition) is 18. The van der Waals surface area contributed by atoms with Crippen molar-refractivity contribution in [3.63, 3.8) is 0 Å². The van der Waals surface area contributed by atoms with Gasteiger partial charge in [-0.15, -0.1) is 0 Å². The van der Waals surface area contributed by atoms with Crippen LogP contribution in [0.5, 0.6) is 0 Å². The number of aliphatic hydroxyl groups is 18. The summed E-state index contributed by atoms with van der Waals surface area (Å²) in [5.74, 6) is 0. The van der Waals surface area contributed by atoms with Crippen molar-refractivity contribution in [1.29, 1.82) is 0 Å². The summed E-state index contributed by atoms with van der Waals surface area (Å²) >= 11 is 0. The van der Waals surface area contributed by atoms with Gasteiger partial charge in [0.1, 0.15) is 122 Å². The van der Waals surface area contributed by atoms with E-state index in [4.69, 9.17) is 52.5 Å². The Hall–Kier alpha value is -1.12. The highest BCUT2D eigenvalue weighted by atomic mass is 16.8. The molecule has 5 saturated heterocycles. The summed E-state index contributed by atoms with van der Waals surface area (Å²) in [7, 11) is 0. The van der Waals surface area contributed by atoms with Crippen molar-refractivity contribution >= 4 is 0 Å². The molecule has 0 spiro atoms. The minimum Gasteiger partial charge on any atom is -0.394 e. The third kappa shape index (κ3) is 25.8. The zero-order valence-electron chi connectivity index (χ0n) is 50.8. The first-order valence-corrected chi connectivity index (χ1v) is 31.6. The largest absolute Gasteiger partial charge is 0.394 e. The highest BCUT2D eigenvalue weighted by molar-refractivity contribution is 4.95. The van der Waals surface area contributed by atoms with E-state index in [0.29, 0.717) is 19.8 Å². The van der Waals surface area contributed by atoms with Crippen molar-refractivity contribution in [3.05, 3.63) is 0 Å². The fraction of sp³-hybridized carbons (Fsp3) is 1.00. The predicted molar refractivity (Wildman–Crippen MR) is 303 cm³/mol. The lowest BCUT2D eigenvalue weighted by atomic mass is 9.97.